The van der Waals surface area contributed by atoms with Crippen LogP contribution in [0.1, 0.15) is 11.6 Å². The molecule has 2 aromatic carbocycles. The molecule has 5 heteroatoms. The van der Waals surface area contributed by atoms with E-state index in [4.69, 9.17) is 0 Å². The van der Waals surface area contributed by atoms with Crippen LogP contribution < -0.4 is 0 Å². The molecular formula is C17H23NO2SSi. The van der Waals surface area contributed by atoms with E-state index in [9.17, 15) is 8.42 Å². The fourth-order valence-electron chi connectivity index (χ4n) is 2.67. The van der Waals surface area contributed by atoms with Crippen LogP contribution in [0.5, 0.6) is 0 Å². The Kier molecular flexibility index (Phi) is 3.91. The highest BCUT2D eigenvalue weighted by Crippen LogP contribution is 2.39. The van der Waals surface area contributed by atoms with Gasteiger partial charge in [0.25, 0.3) is 0 Å². The van der Waals surface area contributed by atoms with Gasteiger partial charge in [-0.15, -0.1) is 0 Å². The van der Waals surface area contributed by atoms with E-state index in [0.717, 1.165) is 11.6 Å². The Bertz CT molecular complexity index is 796. The fourth-order valence-corrected chi connectivity index (χ4v) is 7.26. The molecule has 0 spiro atoms. The van der Waals surface area contributed by atoms with Crippen molar-refractivity contribution in [2.45, 2.75) is 31.7 Å². The average Bonchev–Trinajstić information content (AvgIpc) is 3.25. The smallest absolute Gasteiger partial charge is 0.212 e. The normalized spacial score (nSPS) is 22.0. The third-order valence-corrected chi connectivity index (χ3v) is 8.14. The summed E-state index contributed by atoms with van der Waals surface area (Å²) in [5, 5.41) is 2.37. The van der Waals surface area contributed by atoms with Gasteiger partial charge in [-0.25, -0.2) is 8.42 Å². The highest BCUT2D eigenvalue weighted by Gasteiger charge is 2.44. The van der Waals surface area contributed by atoms with E-state index in [2.05, 4.69) is 50.0 Å². The Labute approximate surface area is 134 Å². The molecule has 0 amide bonds. The van der Waals surface area contributed by atoms with Crippen molar-refractivity contribution in [3.05, 3.63) is 48.0 Å². The first kappa shape index (κ1) is 15.7. The van der Waals surface area contributed by atoms with E-state index < -0.39 is 18.1 Å². The molecule has 1 aliphatic heterocycles. The second kappa shape index (κ2) is 5.48. The zero-order valence-corrected chi connectivity index (χ0v) is 15.2. The number of nitrogens with zero attached hydrogens (tertiary/aromatic N) is 1. The van der Waals surface area contributed by atoms with Crippen molar-refractivity contribution < 1.29 is 8.42 Å². The van der Waals surface area contributed by atoms with Gasteiger partial charge in [-0.1, -0.05) is 56.0 Å². The van der Waals surface area contributed by atoms with Crippen molar-refractivity contribution in [2.24, 2.45) is 0 Å². The molecule has 0 saturated carbocycles. The van der Waals surface area contributed by atoms with E-state index >= 15 is 0 Å². The molecule has 0 aromatic heterocycles. The zero-order chi connectivity index (χ0) is 16.0. The molecule has 0 bridgehead atoms. The Morgan fingerprint density at radius 2 is 1.77 bits per heavy atom. The molecule has 118 valence electrons. The van der Waals surface area contributed by atoms with Gasteiger partial charge in [0.05, 0.1) is 11.8 Å². The minimum atomic E-state index is -3.10. The van der Waals surface area contributed by atoms with Crippen molar-refractivity contribution in [1.29, 1.82) is 0 Å². The minimum absolute atomic E-state index is 0.0382. The topological polar surface area (TPSA) is 37.1 Å². The lowest BCUT2D eigenvalue weighted by molar-refractivity contribution is 0.555. The lowest BCUT2D eigenvalue weighted by atomic mass is 10.1. The van der Waals surface area contributed by atoms with Crippen LogP contribution in [0.25, 0.3) is 10.8 Å². The highest BCUT2D eigenvalue weighted by atomic mass is 32.2. The lowest BCUT2D eigenvalue weighted by Crippen LogP contribution is -2.26. The first-order valence-electron chi connectivity index (χ1n) is 7.74. The molecule has 0 N–H and O–H groups in total. The van der Waals surface area contributed by atoms with Gasteiger partial charge in [0.15, 0.2) is 0 Å². The summed E-state index contributed by atoms with van der Waals surface area (Å²) in [6.07, 6.45) is 0. The van der Waals surface area contributed by atoms with Gasteiger partial charge in [-0.3, -0.25) is 0 Å². The predicted molar refractivity (Wildman–Crippen MR) is 95.3 cm³/mol. The lowest BCUT2D eigenvalue weighted by Gasteiger charge is -2.16. The van der Waals surface area contributed by atoms with Gasteiger partial charge in [-0.2, -0.15) is 4.31 Å². The second-order valence-corrected chi connectivity index (χ2v) is 15.0. The van der Waals surface area contributed by atoms with Crippen LogP contribution in [0.2, 0.25) is 25.7 Å². The maximum Gasteiger partial charge on any atom is 0.214 e. The number of benzene rings is 2. The van der Waals surface area contributed by atoms with Crippen LogP contribution >= 0.6 is 0 Å². The number of sulfonamides is 1. The standard InChI is InChI=1S/C17H23NO2SSi/c1-22(2,3)11-10-21(19,20)18-13-17(18)16-9-8-14-6-4-5-7-15(14)12-16/h4-9,12,17H,10-11,13H2,1-3H3/t17-,18?/m0/s1. The SMILES string of the molecule is C[Si](C)(C)CCS(=O)(=O)N1C[C@H]1c1ccc2ccccc2c1. The van der Waals surface area contributed by atoms with E-state index in [1.807, 2.05) is 12.1 Å². The van der Waals surface area contributed by atoms with E-state index in [1.165, 1.54) is 10.8 Å². The molecule has 22 heavy (non-hydrogen) atoms. The summed E-state index contributed by atoms with van der Waals surface area (Å²) < 4.78 is 26.5. The molecule has 1 unspecified atom stereocenters. The Balaban J connectivity index is 1.75. The monoisotopic (exact) mass is 333 g/mol. The zero-order valence-electron chi connectivity index (χ0n) is 13.4. The Morgan fingerprint density at radius 1 is 1.09 bits per heavy atom. The predicted octanol–water partition coefficient (Wildman–Crippen LogP) is 3.86. The second-order valence-electron chi connectivity index (χ2n) is 7.32. The largest absolute Gasteiger partial charge is 0.214 e. The summed E-state index contributed by atoms with van der Waals surface area (Å²) in [6, 6.07) is 15.3. The van der Waals surface area contributed by atoms with Crippen LogP contribution in [0, 0.1) is 0 Å². The van der Waals surface area contributed by atoms with Crippen molar-refractivity contribution in [2.75, 3.05) is 12.3 Å². The van der Waals surface area contributed by atoms with Gasteiger partial charge < -0.3 is 0 Å². The van der Waals surface area contributed by atoms with Gasteiger partial charge in [0.2, 0.25) is 10.0 Å². The molecule has 0 radical (unpaired) electrons. The molecule has 1 fully saturated rings. The van der Waals surface area contributed by atoms with Crippen molar-refractivity contribution in [3.63, 3.8) is 0 Å². The molecule has 1 heterocycles. The van der Waals surface area contributed by atoms with Gasteiger partial charge in [0, 0.05) is 14.6 Å². The Morgan fingerprint density at radius 3 is 2.45 bits per heavy atom. The van der Waals surface area contributed by atoms with Crippen LogP contribution in [-0.2, 0) is 10.0 Å². The molecule has 1 aliphatic rings. The molecule has 2 atom stereocenters. The quantitative estimate of drug-likeness (QED) is 0.615. The summed E-state index contributed by atoms with van der Waals surface area (Å²) in [5.74, 6) is 0.298. The number of rotatable bonds is 5. The molecule has 0 aliphatic carbocycles. The maximum atomic E-state index is 12.4. The average molecular weight is 334 g/mol. The Hall–Kier alpha value is -1.17. The summed E-state index contributed by atoms with van der Waals surface area (Å²) in [7, 11) is -4.43. The van der Waals surface area contributed by atoms with Crippen molar-refractivity contribution >= 4 is 28.9 Å². The number of hydrogen-bond acceptors (Lipinski definition) is 2. The summed E-state index contributed by atoms with van der Waals surface area (Å²) in [4.78, 5) is 0. The van der Waals surface area contributed by atoms with Gasteiger partial charge in [-0.05, 0) is 28.4 Å². The molecule has 3 nitrogen and oxygen atoms in total. The van der Waals surface area contributed by atoms with Crippen molar-refractivity contribution in [3.8, 4) is 0 Å². The minimum Gasteiger partial charge on any atom is -0.212 e. The molecule has 2 aromatic rings. The van der Waals surface area contributed by atoms with Crippen LogP contribution in [0.15, 0.2) is 42.5 Å². The first-order valence-corrected chi connectivity index (χ1v) is 13.1. The van der Waals surface area contributed by atoms with Gasteiger partial charge >= 0.3 is 0 Å². The third kappa shape index (κ3) is 3.42. The van der Waals surface area contributed by atoms with Gasteiger partial charge in [0.1, 0.15) is 0 Å². The van der Waals surface area contributed by atoms with Crippen LogP contribution in [0.3, 0.4) is 0 Å². The van der Waals surface area contributed by atoms with E-state index in [-0.39, 0.29) is 6.04 Å². The maximum absolute atomic E-state index is 12.4. The number of fused-ring (bicyclic) bond motifs is 1. The summed E-state index contributed by atoms with van der Waals surface area (Å²) >= 11 is 0. The third-order valence-electron chi connectivity index (χ3n) is 4.19. The first-order chi connectivity index (χ1) is 10.3. The fraction of sp³-hybridized carbons (Fsp3) is 0.412. The summed E-state index contributed by atoms with van der Waals surface area (Å²) in [6.45, 7) is 7.27. The van der Waals surface area contributed by atoms with Crippen molar-refractivity contribution in [1.82, 2.24) is 4.31 Å². The van der Waals surface area contributed by atoms with E-state index in [1.54, 1.807) is 4.31 Å². The summed E-state index contributed by atoms with van der Waals surface area (Å²) in [5.41, 5.74) is 1.11. The van der Waals surface area contributed by atoms with E-state index in [0.29, 0.717) is 12.3 Å². The van der Waals surface area contributed by atoms with Crippen LogP contribution in [0.4, 0.5) is 0 Å². The number of hydrogen-bond donors (Lipinski definition) is 0. The molecule has 1 saturated heterocycles. The highest BCUT2D eigenvalue weighted by molar-refractivity contribution is 7.89. The molecule has 3 rings (SSSR count). The van der Waals surface area contributed by atoms with Crippen LogP contribution in [-0.4, -0.2) is 33.1 Å². The molecular weight excluding hydrogens is 310 g/mol.